The Balaban J connectivity index is 2.70. The quantitative estimate of drug-likeness (QED) is 0.799. The van der Waals surface area contributed by atoms with Crippen molar-refractivity contribution in [2.75, 3.05) is 27.2 Å². The van der Waals surface area contributed by atoms with Crippen LogP contribution in [0.2, 0.25) is 0 Å². The van der Waals surface area contributed by atoms with Gasteiger partial charge in [-0.15, -0.1) is 0 Å². The Morgan fingerprint density at radius 2 is 1.95 bits per heavy atom. The van der Waals surface area contributed by atoms with E-state index in [-0.39, 0.29) is 23.3 Å². The summed E-state index contributed by atoms with van der Waals surface area (Å²) >= 11 is 0. The summed E-state index contributed by atoms with van der Waals surface area (Å²) in [5.74, 6) is 0. The summed E-state index contributed by atoms with van der Waals surface area (Å²) in [6.07, 6.45) is -1.11. The molecule has 2 rings (SSSR count). The van der Waals surface area contributed by atoms with Crippen molar-refractivity contribution in [3.05, 3.63) is 71.2 Å². The SMILES string of the molecule is [2H]c1c([2H])c([2H])c(C(OCCN(C)C)c2ccccc2C([2H])([2H])[2H])c([2H])c1[2H]. The van der Waals surface area contributed by atoms with Gasteiger partial charge < -0.3 is 9.64 Å². The molecule has 0 radical (unpaired) electrons. The van der Waals surface area contributed by atoms with Gasteiger partial charge in [0.05, 0.1) is 13.5 Å². The molecule has 0 N–H and O–H groups in total. The predicted octanol–water partition coefficient (Wildman–Crippen LogP) is 3.66. The van der Waals surface area contributed by atoms with Gasteiger partial charge in [-0.1, -0.05) is 54.5 Å². The second-order valence-electron chi connectivity index (χ2n) is 4.68. The molecule has 0 amide bonds. The fraction of sp³-hybridized carbons (Fsp3) is 0.333. The van der Waals surface area contributed by atoms with E-state index in [0.29, 0.717) is 6.54 Å². The van der Waals surface area contributed by atoms with Crippen LogP contribution in [0.3, 0.4) is 0 Å². The standard InChI is InChI=1S/C18H23NO/c1-15-9-7-8-12-17(15)18(20-14-13-19(2)3)16-10-5-4-6-11-16/h4-12,18H,13-14H2,1-3H3/i1D3,4D,5D,6D,10D,11D. The average Bonchev–Trinajstić information content (AvgIpc) is 2.62. The van der Waals surface area contributed by atoms with Crippen LogP contribution in [0.15, 0.2) is 54.5 Å². The molecule has 0 fully saturated rings. The first-order valence-electron chi connectivity index (χ1n) is 10.4. The fourth-order valence-corrected chi connectivity index (χ4v) is 1.80. The second-order valence-corrected chi connectivity index (χ2v) is 4.68. The Labute approximate surface area is 133 Å². The van der Waals surface area contributed by atoms with Crippen molar-refractivity contribution in [3.8, 4) is 0 Å². The minimum absolute atomic E-state index is 0.0247. The Kier molecular flexibility index (Phi) is 2.67. The first-order chi connectivity index (χ1) is 13.0. The molecule has 0 heterocycles. The van der Waals surface area contributed by atoms with E-state index >= 15 is 0 Å². The van der Waals surface area contributed by atoms with Gasteiger partial charge >= 0.3 is 0 Å². The lowest BCUT2D eigenvalue weighted by Crippen LogP contribution is -2.20. The second kappa shape index (κ2) is 7.22. The molecule has 2 nitrogen and oxygen atoms in total. The Morgan fingerprint density at radius 1 is 1.20 bits per heavy atom. The Hall–Kier alpha value is -1.64. The third-order valence-corrected chi connectivity index (χ3v) is 2.85. The lowest BCUT2D eigenvalue weighted by molar-refractivity contribution is 0.0683. The number of benzene rings is 2. The smallest absolute Gasteiger partial charge is 0.108 e. The van der Waals surface area contributed by atoms with Crippen molar-refractivity contribution >= 4 is 0 Å². The number of likely N-dealkylation sites (N-methyl/N-ethyl adjacent to an activating group) is 1. The minimum atomic E-state index is -2.44. The number of hydrogen-bond donors (Lipinski definition) is 0. The molecule has 0 saturated carbocycles. The van der Waals surface area contributed by atoms with Crippen LogP contribution >= 0.6 is 0 Å². The van der Waals surface area contributed by atoms with Gasteiger partial charge in [-0.3, -0.25) is 0 Å². The van der Waals surface area contributed by atoms with Crippen molar-refractivity contribution in [1.29, 1.82) is 0 Å². The van der Waals surface area contributed by atoms with E-state index < -0.39 is 43.2 Å². The maximum atomic E-state index is 8.26. The van der Waals surface area contributed by atoms with Gasteiger partial charge in [0.2, 0.25) is 0 Å². The highest BCUT2D eigenvalue weighted by atomic mass is 16.5. The number of hydrogen-bond acceptors (Lipinski definition) is 2. The zero-order valence-electron chi connectivity index (χ0n) is 19.7. The van der Waals surface area contributed by atoms with Crippen LogP contribution < -0.4 is 0 Å². The highest BCUT2D eigenvalue weighted by molar-refractivity contribution is 5.35. The molecule has 0 aliphatic heterocycles. The maximum absolute atomic E-state index is 8.26. The van der Waals surface area contributed by atoms with Crippen LogP contribution in [0.4, 0.5) is 0 Å². The van der Waals surface area contributed by atoms with Crippen molar-refractivity contribution in [2.45, 2.75) is 13.0 Å². The largest absolute Gasteiger partial charge is 0.367 e. The van der Waals surface area contributed by atoms with Gasteiger partial charge in [0.25, 0.3) is 0 Å². The van der Waals surface area contributed by atoms with Crippen LogP contribution in [0.1, 0.15) is 33.8 Å². The number of nitrogens with zero attached hydrogens (tertiary/aromatic N) is 1. The zero-order valence-corrected chi connectivity index (χ0v) is 11.7. The van der Waals surface area contributed by atoms with Crippen LogP contribution in [0.5, 0.6) is 0 Å². The molecule has 0 bridgehead atoms. The van der Waals surface area contributed by atoms with Gasteiger partial charge in [0.1, 0.15) is 6.10 Å². The van der Waals surface area contributed by atoms with Crippen molar-refractivity contribution < 1.29 is 15.7 Å². The molecule has 0 spiro atoms. The van der Waals surface area contributed by atoms with Gasteiger partial charge in [0.15, 0.2) is 0 Å². The van der Waals surface area contributed by atoms with E-state index in [2.05, 4.69) is 0 Å². The highest BCUT2D eigenvalue weighted by Gasteiger charge is 2.16. The number of rotatable bonds is 6. The van der Waals surface area contributed by atoms with Gasteiger partial charge in [0, 0.05) is 10.7 Å². The Bertz CT molecular complexity index is 821. The van der Waals surface area contributed by atoms with E-state index in [1.165, 1.54) is 6.07 Å². The van der Waals surface area contributed by atoms with E-state index in [9.17, 15) is 0 Å². The topological polar surface area (TPSA) is 12.5 Å². The lowest BCUT2D eigenvalue weighted by Gasteiger charge is -2.22. The summed E-state index contributed by atoms with van der Waals surface area (Å²) in [5.41, 5.74) is 0.220. The minimum Gasteiger partial charge on any atom is -0.367 e. The van der Waals surface area contributed by atoms with Gasteiger partial charge in [-0.05, 0) is 37.6 Å². The number of aryl methyl sites for hydroxylation is 1. The first kappa shape index (κ1) is 7.39. The van der Waals surface area contributed by atoms with Crippen molar-refractivity contribution in [2.24, 2.45) is 0 Å². The zero-order chi connectivity index (χ0) is 21.2. The van der Waals surface area contributed by atoms with E-state index in [1.807, 2.05) is 19.0 Å². The summed E-state index contributed by atoms with van der Waals surface area (Å²) < 4.78 is 69.5. The molecule has 2 heteroatoms. The van der Waals surface area contributed by atoms with Crippen LogP contribution in [0.25, 0.3) is 0 Å². The van der Waals surface area contributed by atoms with Crippen molar-refractivity contribution in [1.82, 2.24) is 4.90 Å². The summed E-state index contributed by atoms with van der Waals surface area (Å²) in [6.45, 7) is -1.73. The third-order valence-electron chi connectivity index (χ3n) is 2.85. The first-order valence-corrected chi connectivity index (χ1v) is 6.39. The summed E-state index contributed by atoms with van der Waals surface area (Å²) in [5, 5.41) is 0. The van der Waals surface area contributed by atoms with Crippen LogP contribution in [-0.4, -0.2) is 32.1 Å². The molecule has 20 heavy (non-hydrogen) atoms. The van der Waals surface area contributed by atoms with Gasteiger partial charge in [-0.2, -0.15) is 0 Å². The number of ether oxygens (including phenoxy) is 1. The molecule has 0 saturated heterocycles. The predicted molar refractivity (Wildman–Crippen MR) is 84.0 cm³/mol. The van der Waals surface area contributed by atoms with Crippen molar-refractivity contribution in [3.63, 3.8) is 0 Å². The maximum Gasteiger partial charge on any atom is 0.108 e. The lowest BCUT2D eigenvalue weighted by atomic mass is 9.97. The van der Waals surface area contributed by atoms with Gasteiger partial charge in [-0.25, -0.2) is 0 Å². The average molecular weight is 277 g/mol. The summed E-state index contributed by atoms with van der Waals surface area (Å²) in [7, 11) is 3.69. The molecule has 0 aliphatic carbocycles. The third kappa shape index (κ3) is 3.92. The summed E-state index contributed by atoms with van der Waals surface area (Å²) in [4.78, 5) is 1.87. The fourth-order valence-electron chi connectivity index (χ4n) is 1.80. The summed E-state index contributed by atoms with van der Waals surface area (Å²) in [6, 6.07) is 3.96. The molecule has 2 aromatic rings. The molecular formula is C18H23NO. The monoisotopic (exact) mass is 277 g/mol. The van der Waals surface area contributed by atoms with Crippen LogP contribution in [0, 0.1) is 6.85 Å². The Morgan fingerprint density at radius 3 is 2.65 bits per heavy atom. The molecule has 1 atom stereocenters. The molecule has 1 unspecified atom stereocenters. The molecule has 0 aromatic heterocycles. The molecular weight excluding hydrogens is 246 g/mol. The molecule has 0 aliphatic rings. The van der Waals surface area contributed by atoms with Crippen LogP contribution in [-0.2, 0) is 4.74 Å². The molecule has 2 aromatic carbocycles. The van der Waals surface area contributed by atoms with E-state index in [1.54, 1.807) is 18.2 Å². The van der Waals surface area contributed by atoms with E-state index in [4.69, 9.17) is 15.7 Å². The highest BCUT2D eigenvalue weighted by Crippen LogP contribution is 2.28. The van der Waals surface area contributed by atoms with E-state index in [0.717, 1.165) is 0 Å². The normalized spacial score (nSPS) is 18.9. The molecule has 106 valence electrons.